The lowest BCUT2D eigenvalue weighted by atomic mass is 9.97. The molecule has 0 aliphatic carbocycles. The number of rotatable bonds is 3. The molecule has 0 fully saturated rings. The van der Waals surface area contributed by atoms with E-state index in [1.165, 1.54) is 12.1 Å². The van der Waals surface area contributed by atoms with Gasteiger partial charge < -0.3 is 5.73 Å². The maximum Gasteiger partial charge on any atom is 0.131 e. The van der Waals surface area contributed by atoms with E-state index in [2.05, 4.69) is 5.43 Å². The average Bonchev–Trinajstić information content (AvgIpc) is 2.34. The van der Waals surface area contributed by atoms with E-state index in [0.29, 0.717) is 11.3 Å². The summed E-state index contributed by atoms with van der Waals surface area (Å²) < 4.78 is 26.6. The van der Waals surface area contributed by atoms with Crippen LogP contribution in [-0.4, -0.2) is 0 Å². The van der Waals surface area contributed by atoms with Crippen molar-refractivity contribution < 1.29 is 8.78 Å². The Morgan fingerprint density at radius 1 is 1.00 bits per heavy atom. The Balaban J connectivity index is 2.49. The first-order chi connectivity index (χ1) is 8.63. The van der Waals surface area contributed by atoms with Gasteiger partial charge in [-0.15, -0.1) is 0 Å². The summed E-state index contributed by atoms with van der Waals surface area (Å²) in [6, 6.07) is 9.71. The molecule has 0 aliphatic rings. The molecule has 0 spiro atoms. The molecule has 1 unspecified atom stereocenters. The molecule has 0 bridgehead atoms. The number of hydrogen-bond acceptors (Lipinski definition) is 3. The van der Waals surface area contributed by atoms with Gasteiger partial charge in [-0.25, -0.2) is 14.2 Å². The van der Waals surface area contributed by atoms with E-state index in [0.717, 1.165) is 6.07 Å². The Hall–Kier alpha value is -1.98. The van der Waals surface area contributed by atoms with Crippen molar-refractivity contribution in [1.29, 1.82) is 0 Å². The molecule has 3 nitrogen and oxygen atoms in total. The van der Waals surface area contributed by atoms with Crippen LogP contribution < -0.4 is 17.0 Å². The molecule has 5 heteroatoms. The molecule has 0 aliphatic heterocycles. The van der Waals surface area contributed by atoms with E-state index in [9.17, 15) is 8.78 Å². The van der Waals surface area contributed by atoms with E-state index < -0.39 is 17.7 Å². The fourth-order valence-corrected chi connectivity index (χ4v) is 1.86. The quantitative estimate of drug-likeness (QED) is 0.443. The van der Waals surface area contributed by atoms with E-state index in [4.69, 9.17) is 11.6 Å². The standard InChI is InChI=1S/C13H13F2N3/c14-8-5-6-9(11(15)7-8)13(18-17)10-3-1-2-4-12(10)16/h1-7,13,18H,16-17H2. The van der Waals surface area contributed by atoms with Gasteiger partial charge in [0.15, 0.2) is 0 Å². The van der Waals surface area contributed by atoms with Gasteiger partial charge in [0.2, 0.25) is 0 Å². The Kier molecular flexibility index (Phi) is 3.55. The van der Waals surface area contributed by atoms with Gasteiger partial charge >= 0.3 is 0 Å². The van der Waals surface area contributed by atoms with Crippen LogP contribution >= 0.6 is 0 Å². The molecule has 2 aromatic rings. The zero-order chi connectivity index (χ0) is 13.1. The zero-order valence-corrected chi connectivity index (χ0v) is 9.53. The fourth-order valence-electron chi connectivity index (χ4n) is 1.86. The van der Waals surface area contributed by atoms with Crippen molar-refractivity contribution in [2.75, 3.05) is 5.73 Å². The van der Waals surface area contributed by atoms with Crippen LogP contribution in [0.2, 0.25) is 0 Å². The molecule has 2 rings (SSSR count). The normalized spacial score (nSPS) is 12.4. The molecule has 0 radical (unpaired) electrons. The predicted octanol–water partition coefficient (Wildman–Crippen LogP) is 2.10. The molecule has 0 heterocycles. The second-order valence-corrected chi connectivity index (χ2v) is 3.89. The molecule has 94 valence electrons. The van der Waals surface area contributed by atoms with Crippen LogP contribution in [0.5, 0.6) is 0 Å². The van der Waals surface area contributed by atoms with Gasteiger partial charge in [-0.3, -0.25) is 5.84 Å². The van der Waals surface area contributed by atoms with Crippen molar-refractivity contribution in [1.82, 2.24) is 5.43 Å². The third-order valence-corrected chi connectivity index (χ3v) is 2.75. The van der Waals surface area contributed by atoms with Gasteiger partial charge in [0.05, 0.1) is 6.04 Å². The first kappa shape index (κ1) is 12.5. The lowest BCUT2D eigenvalue weighted by Crippen LogP contribution is -2.30. The third kappa shape index (κ3) is 2.32. The number of hydrazine groups is 1. The molecule has 2 aromatic carbocycles. The molecule has 0 aromatic heterocycles. The second-order valence-electron chi connectivity index (χ2n) is 3.89. The number of benzene rings is 2. The summed E-state index contributed by atoms with van der Waals surface area (Å²) in [6.45, 7) is 0. The SMILES string of the molecule is NNC(c1ccccc1N)c1ccc(F)cc1F. The Bertz CT molecular complexity index is 558. The number of nitrogen functional groups attached to an aromatic ring is 1. The van der Waals surface area contributed by atoms with Gasteiger partial charge in [0.25, 0.3) is 0 Å². The van der Waals surface area contributed by atoms with E-state index in [1.807, 2.05) is 0 Å². The zero-order valence-electron chi connectivity index (χ0n) is 9.53. The molecule has 0 saturated heterocycles. The number of nitrogens with one attached hydrogen (secondary N) is 1. The van der Waals surface area contributed by atoms with Gasteiger partial charge in [-0.2, -0.15) is 0 Å². The second kappa shape index (κ2) is 5.12. The molecule has 18 heavy (non-hydrogen) atoms. The summed E-state index contributed by atoms with van der Waals surface area (Å²) in [5.41, 5.74) is 9.70. The van der Waals surface area contributed by atoms with Crippen molar-refractivity contribution in [2.45, 2.75) is 6.04 Å². The molecule has 5 N–H and O–H groups in total. The highest BCUT2D eigenvalue weighted by molar-refractivity contribution is 5.51. The molecule has 1 atom stereocenters. The number of anilines is 1. The molecule has 0 saturated carbocycles. The van der Waals surface area contributed by atoms with Gasteiger partial charge in [0.1, 0.15) is 11.6 Å². The lowest BCUT2D eigenvalue weighted by Gasteiger charge is -2.19. The smallest absolute Gasteiger partial charge is 0.131 e. The highest BCUT2D eigenvalue weighted by Crippen LogP contribution is 2.27. The predicted molar refractivity (Wildman–Crippen MR) is 66.4 cm³/mol. The van der Waals surface area contributed by atoms with Crippen LogP contribution in [0.1, 0.15) is 17.2 Å². The number of hydrogen-bond donors (Lipinski definition) is 3. The Labute approximate surface area is 103 Å². The first-order valence-corrected chi connectivity index (χ1v) is 5.39. The van der Waals surface area contributed by atoms with Crippen molar-refractivity contribution in [3.8, 4) is 0 Å². The maximum atomic E-state index is 13.7. The van der Waals surface area contributed by atoms with E-state index >= 15 is 0 Å². The Morgan fingerprint density at radius 2 is 1.72 bits per heavy atom. The van der Waals surface area contributed by atoms with Crippen LogP contribution in [0.3, 0.4) is 0 Å². The van der Waals surface area contributed by atoms with Crippen LogP contribution in [0.15, 0.2) is 42.5 Å². The highest BCUT2D eigenvalue weighted by atomic mass is 19.1. The van der Waals surface area contributed by atoms with Gasteiger partial charge in [0, 0.05) is 17.3 Å². The minimum atomic E-state index is -0.666. The minimum absolute atomic E-state index is 0.247. The summed E-state index contributed by atoms with van der Waals surface area (Å²) in [6.07, 6.45) is 0. The first-order valence-electron chi connectivity index (χ1n) is 5.39. The number of nitrogens with two attached hydrogens (primary N) is 2. The van der Waals surface area contributed by atoms with Crippen LogP contribution in [-0.2, 0) is 0 Å². The van der Waals surface area contributed by atoms with E-state index in [-0.39, 0.29) is 5.56 Å². The average molecular weight is 249 g/mol. The monoisotopic (exact) mass is 249 g/mol. The van der Waals surface area contributed by atoms with Crippen LogP contribution in [0.25, 0.3) is 0 Å². The summed E-state index contributed by atoms with van der Waals surface area (Å²) in [7, 11) is 0. The number of halogens is 2. The van der Waals surface area contributed by atoms with Crippen molar-refractivity contribution in [3.05, 3.63) is 65.2 Å². The topological polar surface area (TPSA) is 64.1 Å². The summed E-state index contributed by atoms with van der Waals surface area (Å²) in [5, 5.41) is 0. The highest BCUT2D eigenvalue weighted by Gasteiger charge is 2.18. The molecule has 0 amide bonds. The van der Waals surface area contributed by atoms with Gasteiger partial charge in [-0.05, 0) is 17.7 Å². The largest absolute Gasteiger partial charge is 0.398 e. The van der Waals surface area contributed by atoms with Crippen molar-refractivity contribution in [3.63, 3.8) is 0 Å². The lowest BCUT2D eigenvalue weighted by molar-refractivity contribution is 0.542. The van der Waals surface area contributed by atoms with Crippen molar-refractivity contribution in [2.24, 2.45) is 5.84 Å². The van der Waals surface area contributed by atoms with Gasteiger partial charge in [-0.1, -0.05) is 24.3 Å². The summed E-state index contributed by atoms with van der Waals surface area (Å²) in [4.78, 5) is 0. The van der Waals surface area contributed by atoms with Crippen molar-refractivity contribution >= 4 is 5.69 Å². The maximum absolute atomic E-state index is 13.7. The molecular formula is C13H13F2N3. The Morgan fingerprint density at radius 3 is 2.33 bits per heavy atom. The van der Waals surface area contributed by atoms with E-state index in [1.54, 1.807) is 24.3 Å². The summed E-state index contributed by atoms with van der Waals surface area (Å²) >= 11 is 0. The minimum Gasteiger partial charge on any atom is -0.398 e. The fraction of sp³-hybridized carbons (Fsp3) is 0.0769. The molecular weight excluding hydrogens is 236 g/mol. The summed E-state index contributed by atoms with van der Waals surface area (Å²) in [5.74, 6) is 4.15. The van der Waals surface area contributed by atoms with Crippen LogP contribution in [0, 0.1) is 11.6 Å². The van der Waals surface area contributed by atoms with Crippen LogP contribution in [0.4, 0.5) is 14.5 Å². The number of para-hydroxylation sites is 1. The third-order valence-electron chi connectivity index (χ3n) is 2.75.